The number of nitrogens with zero attached hydrogens (tertiary/aromatic N) is 3. The van der Waals surface area contributed by atoms with Gasteiger partial charge in [0.2, 0.25) is 5.91 Å². The zero-order valence-corrected chi connectivity index (χ0v) is 16.3. The Morgan fingerprint density at radius 1 is 1.37 bits per heavy atom. The highest BCUT2D eigenvalue weighted by molar-refractivity contribution is 7.09. The molecule has 1 atom stereocenters. The van der Waals surface area contributed by atoms with Crippen molar-refractivity contribution in [2.75, 3.05) is 19.6 Å². The number of piperidine rings is 1. The molecule has 8 heteroatoms. The van der Waals surface area contributed by atoms with Gasteiger partial charge < -0.3 is 14.7 Å². The summed E-state index contributed by atoms with van der Waals surface area (Å²) in [6.45, 7) is 3.83. The Morgan fingerprint density at radius 3 is 2.96 bits per heavy atom. The van der Waals surface area contributed by atoms with Crippen molar-refractivity contribution in [2.24, 2.45) is 5.92 Å². The van der Waals surface area contributed by atoms with Gasteiger partial charge in [0.25, 0.3) is 5.91 Å². The van der Waals surface area contributed by atoms with E-state index in [9.17, 15) is 9.59 Å². The van der Waals surface area contributed by atoms with Crippen LogP contribution in [0.1, 0.15) is 58.6 Å². The van der Waals surface area contributed by atoms with Crippen molar-refractivity contribution in [1.29, 1.82) is 0 Å². The average Bonchev–Trinajstić information content (AvgIpc) is 3.28. The first-order valence-electron chi connectivity index (χ1n) is 9.55. The molecule has 27 heavy (non-hydrogen) atoms. The van der Waals surface area contributed by atoms with Crippen molar-refractivity contribution in [3.63, 3.8) is 0 Å². The zero-order chi connectivity index (χ0) is 18.8. The third kappa shape index (κ3) is 4.37. The molecule has 4 rings (SSSR count). The summed E-state index contributed by atoms with van der Waals surface area (Å²) in [6, 6.07) is 1.68. The summed E-state index contributed by atoms with van der Waals surface area (Å²) in [7, 11) is 0. The summed E-state index contributed by atoms with van der Waals surface area (Å²) in [4.78, 5) is 30.9. The van der Waals surface area contributed by atoms with Gasteiger partial charge in [-0.15, -0.1) is 11.3 Å². The third-order valence-corrected chi connectivity index (χ3v) is 6.16. The summed E-state index contributed by atoms with van der Waals surface area (Å²) < 4.78 is 5.03. The minimum atomic E-state index is -0.0730. The smallest absolute Gasteiger partial charge is 0.276 e. The molecule has 1 N–H and O–H groups in total. The number of aromatic nitrogens is 2. The molecule has 0 bridgehead atoms. The number of nitrogens with one attached hydrogen (secondary N) is 1. The predicted octanol–water partition coefficient (Wildman–Crippen LogP) is 2.53. The van der Waals surface area contributed by atoms with Crippen molar-refractivity contribution in [3.05, 3.63) is 33.6 Å². The van der Waals surface area contributed by atoms with Gasteiger partial charge >= 0.3 is 0 Å². The molecule has 0 radical (unpaired) electrons. The molecule has 7 nitrogen and oxygen atoms in total. The highest BCUT2D eigenvalue weighted by atomic mass is 32.1. The number of aryl methyl sites for hydroxylation is 1. The van der Waals surface area contributed by atoms with Gasteiger partial charge in [-0.05, 0) is 32.6 Å². The molecular weight excluding hydrogens is 364 g/mol. The quantitative estimate of drug-likeness (QED) is 0.821. The van der Waals surface area contributed by atoms with Crippen molar-refractivity contribution < 1.29 is 14.1 Å². The van der Waals surface area contributed by atoms with Crippen LogP contribution >= 0.6 is 11.3 Å². The maximum Gasteiger partial charge on any atom is 0.276 e. The van der Waals surface area contributed by atoms with Crippen molar-refractivity contribution in [2.45, 2.75) is 44.9 Å². The second-order valence-corrected chi connectivity index (χ2v) is 8.30. The van der Waals surface area contributed by atoms with E-state index < -0.39 is 0 Å². The molecule has 2 aliphatic rings. The SMILES string of the molecule is Cc1cc(C(=O)N2CCCC(c3nc(CCNC(=O)C4CC4)cs3)C2)no1. The van der Waals surface area contributed by atoms with Crippen LogP contribution < -0.4 is 5.32 Å². The molecule has 2 fully saturated rings. The van der Waals surface area contributed by atoms with Crippen molar-refractivity contribution in [3.8, 4) is 0 Å². The molecule has 2 aromatic rings. The standard InChI is InChI=1S/C19H24N4O3S/c1-12-9-16(22-26-12)19(25)23-8-2-3-14(10-23)18-21-15(11-27-18)6-7-20-17(24)13-4-5-13/h9,11,13-14H,2-8,10H2,1H3,(H,20,24). The molecule has 1 saturated heterocycles. The Bertz CT molecular complexity index is 827. The lowest BCUT2D eigenvalue weighted by atomic mass is 9.98. The van der Waals surface area contributed by atoms with Crippen LogP contribution in [0.25, 0.3) is 0 Å². The van der Waals surface area contributed by atoms with Crippen LogP contribution in [0.2, 0.25) is 0 Å². The number of carbonyl (C=O) groups excluding carboxylic acids is 2. The highest BCUT2D eigenvalue weighted by Crippen LogP contribution is 2.30. The summed E-state index contributed by atoms with van der Waals surface area (Å²) in [6.07, 6.45) is 4.80. The molecule has 1 saturated carbocycles. The number of thiazole rings is 1. The van der Waals surface area contributed by atoms with E-state index in [4.69, 9.17) is 9.51 Å². The Morgan fingerprint density at radius 2 is 2.22 bits per heavy atom. The number of rotatable bonds is 6. The fourth-order valence-electron chi connectivity index (χ4n) is 3.42. The summed E-state index contributed by atoms with van der Waals surface area (Å²) in [5, 5.41) is 9.97. The van der Waals surface area contributed by atoms with Gasteiger partial charge in [-0.25, -0.2) is 4.98 Å². The minimum Gasteiger partial charge on any atom is -0.361 e. The van der Waals surface area contributed by atoms with E-state index in [-0.39, 0.29) is 23.7 Å². The van der Waals surface area contributed by atoms with E-state index >= 15 is 0 Å². The average molecular weight is 388 g/mol. The monoisotopic (exact) mass is 388 g/mol. The summed E-state index contributed by atoms with van der Waals surface area (Å²) in [5.41, 5.74) is 1.39. The molecular formula is C19H24N4O3S. The van der Waals surface area contributed by atoms with E-state index in [1.807, 2.05) is 4.90 Å². The summed E-state index contributed by atoms with van der Waals surface area (Å²) >= 11 is 1.65. The van der Waals surface area contributed by atoms with E-state index in [0.29, 0.717) is 24.5 Å². The molecule has 2 aromatic heterocycles. The first-order chi connectivity index (χ1) is 13.1. The van der Waals surface area contributed by atoms with Crippen LogP contribution in [0.5, 0.6) is 0 Å². The topological polar surface area (TPSA) is 88.3 Å². The third-order valence-electron chi connectivity index (χ3n) is 5.10. The van der Waals surface area contributed by atoms with Crippen molar-refractivity contribution >= 4 is 23.2 Å². The maximum atomic E-state index is 12.6. The van der Waals surface area contributed by atoms with Crippen LogP contribution in [0.4, 0.5) is 0 Å². The zero-order valence-electron chi connectivity index (χ0n) is 15.4. The number of likely N-dealkylation sites (tertiary alicyclic amines) is 1. The molecule has 1 aliphatic carbocycles. The number of carbonyl (C=O) groups is 2. The van der Waals surface area contributed by atoms with Gasteiger partial charge in [-0.2, -0.15) is 0 Å². The van der Waals surface area contributed by atoms with Crippen molar-refractivity contribution in [1.82, 2.24) is 20.4 Å². The van der Waals surface area contributed by atoms with E-state index in [1.165, 1.54) is 0 Å². The van der Waals surface area contributed by atoms with Gasteiger partial charge in [-0.3, -0.25) is 9.59 Å². The summed E-state index contributed by atoms with van der Waals surface area (Å²) in [5.74, 6) is 1.25. The number of hydrogen-bond acceptors (Lipinski definition) is 6. The largest absolute Gasteiger partial charge is 0.361 e. The van der Waals surface area contributed by atoms with E-state index in [2.05, 4.69) is 15.9 Å². The normalized spacial score (nSPS) is 19.9. The second-order valence-electron chi connectivity index (χ2n) is 7.41. The lowest BCUT2D eigenvalue weighted by Gasteiger charge is -2.31. The fraction of sp³-hybridized carbons (Fsp3) is 0.579. The van der Waals surface area contributed by atoms with Gasteiger partial charge in [0.05, 0.1) is 10.7 Å². The second kappa shape index (κ2) is 7.80. The Labute approximate surface area is 162 Å². The lowest BCUT2D eigenvalue weighted by Crippen LogP contribution is -2.39. The minimum absolute atomic E-state index is 0.0730. The van der Waals surface area contributed by atoms with Crippen LogP contribution in [0.3, 0.4) is 0 Å². The van der Waals surface area contributed by atoms with Crippen LogP contribution in [0.15, 0.2) is 16.0 Å². The first kappa shape index (κ1) is 18.2. The first-order valence-corrected chi connectivity index (χ1v) is 10.4. The lowest BCUT2D eigenvalue weighted by molar-refractivity contribution is -0.122. The maximum absolute atomic E-state index is 12.6. The van der Waals surface area contributed by atoms with Gasteiger partial charge in [0, 0.05) is 49.3 Å². The van der Waals surface area contributed by atoms with Crippen LogP contribution in [-0.2, 0) is 11.2 Å². The predicted molar refractivity (Wildman–Crippen MR) is 101 cm³/mol. The Balaban J connectivity index is 1.32. The molecule has 2 amide bonds. The van der Waals surface area contributed by atoms with Crippen LogP contribution in [0, 0.1) is 12.8 Å². The number of amides is 2. The van der Waals surface area contributed by atoms with E-state index in [0.717, 1.165) is 49.4 Å². The molecule has 144 valence electrons. The molecule has 0 aromatic carbocycles. The Hall–Kier alpha value is -2.22. The van der Waals surface area contributed by atoms with Gasteiger partial charge in [0.15, 0.2) is 5.69 Å². The molecule has 1 unspecified atom stereocenters. The fourth-order valence-corrected chi connectivity index (χ4v) is 4.40. The molecule has 1 aliphatic heterocycles. The molecule has 0 spiro atoms. The van der Waals surface area contributed by atoms with E-state index in [1.54, 1.807) is 24.3 Å². The number of hydrogen-bond donors (Lipinski definition) is 1. The van der Waals surface area contributed by atoms with Gasteiger partial charge in [0.1, 0.15) is 5.76 Å². The Kier molecular flexibility index (Phi) is 5.24. The highest BCUT2D eigenvalue weighted by Gasteiger charge is 2.30. The molecule has 3 heterocycles. The van der Waals surface area contributed by atoms with Crippen LogP contribution in [-0.4, -0.2) is 46.5 Å². The van der Waals surface area contributed by atoms with Gasteiger partial charge in [-0.1, -0.05) is 5.16 Å².